The van der Waals surface area contributed by atoms with Crippen molar-refractivity contribution in [1.82, 2.24) is 4.98 Å². The smallest absolute Gasteiger partial charge is 0.340 e. The number of pyridine rings is 1. The number of carbonyl (C=O) groups excluding carboxylic acids is 1. The molecule has 2 rings (SSSR count). The number of nitro groups is 2. The molecule has 0 aliphatic carbocycles. The molecule has 25 heavy (non-hydrogen) atoms. The predicted octanol–water partition coefficient (Wildman–Crippen LogP) is 3.25. The number of esters is 1. The molecule has 2 aromatic rings. The molecule has 0 amide bonds. The number of rotatable bonds is 6. The van der Waals surface area contributed by atoms with Crippen molar-refractivity contribution in [2.75, 3.05) is 6.61 Å². The Bertz CT molecular complexity index is 863. The van der Waals surface area contributed by atoms with Crippen LogP contribution < -0.4 is 0 Å². The van der Waals surface area contributed by atoms with Crippen LogP contribution in [0.4, 0.5) is 11.4 Å². The van der Waals surface area contributed by atoms with Crippen molar-refractivity contribution in [3.63, 3.8) is 0 Å². The zero-order valence-electron chi connectivity index (χ0n) is 13.1. The van der Waals surface area contributed by atoms with Gasteiger partial charge in [-0.25, -0.2) is 9.78 Å². The fourth-order valence-electron chi connectivity index (χ4n) is 1.99. The van der Waals surface area contributed by atoms with E-state index in [9.17, 15) is 25.0 Å². The van der Waals surface area contributed by atoms with E-state index in [1.165, 1.54) is 30.4 Å². The van der Waals surface area contributed by atoms with Gasteiger partial charge in [0.05, 0.1) is 27.7 Å². The molecule has 0 N–H and O–H groups in total. The molecule has 0 unspecified atom stereocenters. The van der Waals surface area contributed by atoms with Crippen LogP contribution in [-0.4, -0.2) is 27.4 Å². The summed E-state index contributed by atoms with van der Waals surface area (Å²) in [6.07, 6.45) is 3.98. The van der Waals surface area contributed by atoms with E-state index in [1.807, 2.05) is 0 Å². The van der Waals surface area contributed by atoms with Gasteiger partial charge in [0.25, 0.3) is 11.4 Å². The first-order chi connectivity index (χ1) is 11.9. The predicted molar refractivity (Wildman–Crippen MR) is 88.9 cm³/mol. The monoisotopic (exact) mass is 343 g/mol. The Labute approximate surface area is 141 Å². The maximum atomic E-state index is 12.0. The summed E-state index contributed by atoms with van der Waals surface area (Å²) in [5.41, 5.74) is 0.206. The van der Waals surface area contributed by atoms with Crippen LogP contribution in [0.5, 0.6) is 0 Å². The molecule has 9 heteroatoms. The summed E-state index contributed by atoms with van der Waals surface area (Å²) in [6, 6.07) is 6.95. The minimum absolute atomic E-state index is 0.0577. The van der Waals surface area contributed by atoms with Crippen molar-refractivity contribution in [3.8, 4) is 0 Å². The molecule has 0 saturated heterocycles. The summed E-state index contributed by atoms with van der Waals surface area (Å²) in [7, 11) is 0. The fraction of sp³-hybridized carbons (Fsp3) is 0.125. The van der Waals surface area contributed by atoms with Gasteiger partial charge in [-0.2, -0.15) is 0 Å². The van der Waals surface area contributed by atoms with Gasteiger partial charge in [-0.1, -0.05) is 18.2 Å². The summed E-state index contributed by atoms with van der Waals surface area (Å²) < 4.78 is 4.88. The van der Waals surface area contributed by atoms with E-state index in [1.54, 1.807) is 13.0 Å². The Morgan fingerprint density at radius 1 is 1.16 bits per heavy atom. The molecule has 0 aliphatic rings. The SMILES string of the molecule is CCOC(=O)c1cc([N+](=O)[O-])cnc1/C=C/c1cccc([N+](=O)[O-])c1. The van der Waals surface area contributed by atoms with Crippen molar-refractivity contribution in [2.24, 2.45) is 0 Å². The third-order valence-corrected chi connectivity index (χ3v) is 3.12. The Balaban J connectivity index is 2.40. The van der Waals surface area contributed by atoms with Gasteiger partial charge in [-0.15, -0.1) is 0 Å². The van der Waals surface area contributed by atoms with Crippen molar-refractivity contribution >= 4 is 29.5 Å². The summed E-state index contributed by atoms with van der Waals surface area (Å²) in [5.74, 6) is -0.739. The zero-order valence-corrected chi connectivity index (χ0v) is 13.1. The van der Waals surface area contributed by atoms with Crippen molar-refractivity contribution in [2.45, 2.75) is 6.92 Å². The third-order valence-electron chi connectivity index (χ3n) is 3.12. The number of benzene rings is 1. The molecule has 1 heterocycles. The lowest BCUT2D eigenvalue weighted by atomic mass is 10.1. The van der Waals surface area contributed by atoms with Gasteiger partial charge < -0.3 is 4.74 Å². The lowest BCUT2D eigenvalue weighted by Gasteiger charge is -2.05. The number of carbonyl (C=O) groups is 1. The standard InChI is InChI=1S/C16H13N3O6/c1-2-25-16(20)14-9-13(19(23)24)10-17-15(14)7-6-11-4-3-5-12(8-11)18(21)22/h3-10H,2H2,1H3/b7-6+. The topological polar surface area (TPSA) is 125 Å². The van der Waals surface area contributed by atoms with Gasteiger partial charge in [0.2, 0.25) is 0 Å². The third kappa shape index (κ3) is 4.44. The van der Waals surface area contributed by atoms with Gasteiger partial charge in [0.1, 0.15) is 6.20 Å². The molecule has 0 atom stereocenters. The van der Waals surface area contributed by atoms with E-state index in [2.05, 4.69) is 4.98 Å². The molecule has 128 valence electrons. The minimum atomic E-state index is -0.739. The highest BCUT2D eigenvalue weighted by atomic mass is 16.6. The van der Waals surface area contributed by atoms with Crippen LogP contribution in [-0.2, 0) is 4.74 Å². The van der Waals surface area contributed by atoms with Gasteiger partial charge >= 0.3 is 5.97 Å². The van der Waals surface area contributed by atoms with Gasteiger partial charge in [-0.3, -0.25) is 20.2 Å². The summed E-state index contributed by atoms with van der Waals surface area (Å²) in [4.78, 5) is 36.4. The number of hydrogen-bond acceptors (Lipinski definition) is 7. The molecule has 0 saturated carbocycles. The Kier molecular flexibility index (Phi) is 5.51. The summed E-state index contributed by atoms with van der Waals surface area (Å²) in [5, 5.41) is 21.6. The molecular formula is C16H13N3O6. The van der Waals surface area contributed by atoms with Crippen LogP contribution >= 0.6 is 0 Å². The van der Waals surface area contributed by atoms with Crippen LogP contribution in [0.2, 0.25) is 0 Å². The normalized spacial score (nSPS) is 10.6. The maximum Gasteiger partial charge on any atom is 0.340 e. The van der Waals surface area contributed by atoms with Gasteiger partial charge in [0, 0.05) is 18.2 Å². The molecular weight excluding hydrogens is 330 g/mol. The molecule has 9 nitrogen and oxygen atoms in total. The number of nitrogens with zero attached hydrogens (tertiary/aromatic N) is 3. The maximum absolute atomic E-state index is 12.0. The van der Waals surface area contributed by atoms with Crippen molar-refractivity contribution in [1.29, 1.82) is 0 Å². The zero-order chi connectivity index (χ0) is 18.4. The Hall–Kier alpha value is -3.62. The summed E-state index contributed by atoms with van der Waals surface area (Å²) in [6.45, 7) is 1.72. The van der Waals surface area contributed by atoms with E-state index in [0.29, 0.717) is 5.56 Å². The fourth-order valence-corrected chi connectivity index (χ4v) is 1.99. The number of aromatic nitrogens is 1. The second-order valence-corrected chi connectivity index (χ2v) is 4.79. The highest BCUT2D eigenvalue weighted by molar-refractivity contribution is 5.94. The van der Waals surface area contributed by atoms with Gasteiger partial charge in [0.15, 0.2) is 0 Å². The van der Waals surface area contributed by atoms with Crippen LogP contribution in [0.3, 0.4) is 0 Å². The van der Waals surface area contributed by atoms with E-state index < -0.39 is 15.8 Å². The average Bonchev–Trinajstić information content (AvgIpc) is 2.60. The first-order valence-corrected chi connectivity index (χ1v) is 7.16. The van der Waals surface area contributed by atoms with Crippen LogP contribution in [0.1, 0.15) is 28.5 Å². The molecule has 0 radical (unpaired) electrons. The van der Waals surface area contributed by atoms with Crippen molar-refractivity contribution in [3.05, 3.63) is 73.6 Å². The summed E-state index contributed by atoms with van der Waals surface area (Å²) >= 11 is 0. The number of non-ortho nitro benzene ring substituents is 1. The second kappa shape index (κ2) is 7.77. The molecule has 1 aromatic carbocycles. The number of hydrogen-bond donors (Lipinski definition) is 0. The van der Waals surface area contributed by atoms with E-state index >= 15 is 0 Å². The van der Waals surface area contributed by atoms with E-state index in [0.717, 1.165) is 12.3 Å². The number of ether oxygens (including phenoxy) is 1. The van der Waals surface area contributed by atoms with Gasteiger partial charge in [-0.05, 0) is 18.6 Å². The van der Waals surface area contributed by atoms with Crippen LogP contribution in [0.25, 0.3) is 12.2 Å². The largest absolute Gasteiger partial charge is 0.462 e. The van der Waals surface area contributed by atoms with Crippen molar-refractivity contribution < 1.29 is 19.4 Å². The molecule has 0 aliphatic heterocycles. The minimum Gasteiger partial charge on any atom is -0.462 e. The van der Waals surface area contributed by atoms with Crippen LogP contribution in [0, 0.1) is 20.2 Å². The number of nitro benzene ring substituents is 1. The van der Waals surface area contributed by atoms with E-state index in [-0.39, 0.29) is 29.2 Å². The Morgan fingerprint density at radius 2 is 1.88 bits per heavy atom. The molecule has 0 spiro atoms. The molecule has 0 bridgehead atoms. The quantitative estimate of drug-likeness (QED) is 0.447. The molecule has 0 fully saturated rings. The second-order valence-electron chi connectivity index (χ2n) is 4.79. The van der Waals surface area contributed by atoms with Crippen LogP contribution in [0.15, 0.2) is 36.5 Å². The average molecular weight is 343 g/mol. The molecule has 1 aromatic heterocycles. The first kappa shape index (κ1) is 17.7. The Morgan fingerprint density at radius 3 is 2.52 bits per heavy atom. The first-order valence-electron chi connectivity index (χ1n) is 7.16. The lowest BCUT2D eigenvalue weighted by molar-refractivity contribution is -0.385. The lowest BCUT2D eigenvalue weighted by Crippen LogP contribution is -2.08. The van der Waals surface area contributed by atoms with E-state index in [4.69, 9.17) is 4.74 Å². The highest BCUT2D eigenvalue weighted by Gasteiger charge is 2.17. The highest BCUT2D eigenvalue weighted by Crippen LogP contribution is 2.20.